The number of hydrogen-bond donors (Lipinski definition) is 4. The van der Waals surface area contributed by atoms with Gasteiger partial charge in [-0.1, -0.05) is 50.5 Å². The summed E-state index contributed by atoms with van der Waals surface area (Å²) in [5, 5.41) is 44.5. The zero-order valence-corrected chi connectivity index (χ0v) is 33.8. The molecule has 4 N–H and O–H groups in total. The first-order valence-electron chi connectivity index (χ1n) is 19.6. The third kappa shape index (κ3) is 20.5. The van der Waals surface area contributed by atoms with Gasteiger partial charge in [0.05, 0.1) is 30.3 Å². The van der Waals surface area contributed by atoms with Gasteiger partial charge in [0.1, 0.15) is 24.4 Å². The summed E-state index contributed by atoms with van der Waals surface area (Å²) in [6.07, 6.45) is 3.38. The van der Waals surface area contributed by atoms with Crippen molar-refractivity contribution < 1.29 is 58.6 Å². The second-order valence-electron chi connectivity index (χ2n) is 15.4. The second-order valence-corrected chi connectivity index (χ2v) is 15.4. The first-order chi connectivity index (χ1) is 24.8. The molecule has 11 atom stereocenters. The van der Waals surface area contributed by atoms with E-state index in [0.29, 0.717) is 57.8 Å². The smallest absolute Gasteiger partial charge is 0.311 e. The van der Waals surface area contributed by atoms with Gasteiger partial charge in [0, 0.05) is 52.4 Å². The van der Waals surface area contributed by atoms with Crippen LogP contribution in [0.25, 0.3) is 0 Å². The lowest BCUT2D eigenvalue weighted by Crippen LogP contribution is -2.40. The highest BCUT2D eigenvalue weighted by Gasteiger charge is 2.35. The third-order valence-corrected chi connectivity index (χ3v) is 10.1. The number of cyclic esters (lactones) is 1. The maximum absolute atomic E-state index is 13.6. The zero-order valence-electron chi connectivity index (χ0n) is 33.8. The average molecular weight is 755 g/mol. The van der Waals surface area contributed by atoms with Crippen LogP contribution in [0.5, 0.6) is 0 Å². The predicted octanol–water partition coefficient (Wildman–Crippen LogP) is 6.04. The Morgan fingerprint density at radius 2 is 1.53 bits per heavy atom. The van der Waals surface area contributed by atoms with Gasteiger partial charge in [-0.05, 0) is 78.1 Å². The van der Waals surface area contributed by atoms with Crippen LogP contribution in [0, 0.1) is 17.8 Å². The van der Waals surface area contributed by atoms with Crippen LogP contribution in [-0.2, 0) is 38.1 Å². The van der Waals surface area contributed by atoms with Crippen molar-refractivity contribution in [3.05, 3.63) is 23.3 Å². The standard InChI is InChI=1S/C41H70O12/c1-10-13-35(50-30(7)42)20-26(3)21-38(47)28(5)39-23-33(45)15-12-11-14-25(2)16-18-34(46)22-37(52-32(9)44)24-36(51-31(8)43)19-17-27(4)40(48)29(6)41(49)53-39/h14,21,27-29,33-40,45-48H,10-13,15-20,22-24H2,1-9H3/b25-14+,26-21+/t27-,28-,29+,33-,34+,35-,36+,37+,38-,39+,40+/m1/s1. The Bertz CT molecular complexity index is 1180. The number of allylic oxidation sites excluding steroid dienone is 2. The molecule has 0 amide bonds. The molecule has 1 rings (SSSR count). The van der Waals surface area contributed by atoms with Crippen molar-refractivity contribution in [1.82, 2.24) is 0 Å². The minimum Gasteiger partial charge on any atom is -0.462 e. The molecule has 1 aliphatic heterocycles. The molecule has 0 aromatic heterocycles. The van der Waals surface area contributed by atoms with Crippen LogP contribution in [0.2, 0.25) is 0 Å². The van der Waals surface area contributed by atoms with E-state index in [9.17, 15) is 39.6 Å². The molecule has 0 fully saturated rings. The number of esters is 4. The zero-order chi connectivity index (χ0) is 40.2. The molecule has 53 heavy (non-hydrogen) atoms. The monoisotopic (exact) mass is 754 g/mol. The molecule has 0 spiro atoms. The fourth-order valence-corrected chi connectivity index (χ4v) is 6.91. The second kappa shape index (κ2) is 25.3. The van der Waals surface area contributed by atoms with Gasteiger partial charge in [0.2, 0.25) is 0 Å². The van der Waals surface area contributed by atoms with E-state index in [1.807, 2.05) is 20.8 Å². The normalized spacial score (nSPS) is 30.8. The minimum absolute atomic E-state index is 0.0869. The molecular weight excluding hydrogens is 684 g/mol. The Hall–Kier alpha value is -2.80. The predicted molar refractivity (Wildman–Crippen MR) is 201 cm³/mol. The summed E-state index contributed by atoms with van der Waals surface area (Å²) < 4.78 is 22.5. The molecule has 12 heteroatoms. The molecule has 12 nitrogen and oxygen atoms in total. The number of aliphatic hydroxyl groups excluding tert-OH is 4. The van der Waals surface area contributed by atoms with Crippen LogP contribution < -0.4 is 0 Å². The maximum Gasteiger partial charge on any atom is 0.311 e. The van der Waals surface area contributed by atoms with Gasteiger partial charge in [-0.25, -0.2) is 0 Å². The molecule has 0 saturated heterocycles. The van der Waals surface area contributed by atoms with Gasteiger partial charge in [-0.3, -0.25) is 19.2 Å². The molecule has 0 radical (unpaired) electrons. The SMILES string of the molecule is CCC[C@H](C/C(C)=C/[C@@H](O)[C@@H](C)[C@@H]1C[C@H](O)CCC/C=C(\C)CC[C@H](O)C[C@H](OC(C)=O)C[C@@H](OC(C)=O)CC[C@@H](C)[C@H](O)[C@H](C)C(=O)O1)OC(C)=O. The first kappa shape index (κ1) is 48.2. The lowest BCUT2D eigenvalue weighted by atomic mass is 9.87. The Kier molecular flexibility index (Phi) is 23.0. The molecule has 0 saturated carbocycles. The molecule has 0 unspecified atom stereocenters. The highest BCUT2D eigenvalue weighted by molar-refractivity contribution is 5.73. The van der Waals surface area contributed by atoms with Gasteiger partial charge in [0.25, 0.3) is 0 Å². The first-order valence-corrected chi connectivity index (χ1v) is 19.6. The van der Waals surface area contributed by atoms with Gasteiger partial charge in [-0.15, -0.1) is 0 Å². The molecule has 1 heterocycles. The van der Waals surface area contributed by atoms with E-state index in [-0.39, 0.29) is 31.3 Å². The summed E-state index contributed by atoms with van der Waals surface area (Å²) in [6.45, 7) is 14.9. The van der Waals surface area contributed by atoms with E-state index in [1.54, 1.807) is 26.8 Å². The van der Waals surface area contributed by atoms with E-state index in [4.69, 9.17) is 18.9 Å². The van der Waals surface area contributed by atoms with E-state index in [2.05, 4.69) is 6.08 Å². The van der Waals surface area contributed by atoms with Gasteiger partial charge in [0.15, 0.2) is 0 Å². The number of rotatable bonds is 10. The number of aliphatic hydroxyl groups is 4. The highest BCUT2D eigenvalue weighted by atomic mass is 16.6. The molecule has 0 aromatic carbocycles. The van der Waals surface area contributed by atoms with E-state index in [0.717, 1.165) is 17.6 Å². The topological polar surface area (TPSA) is 186 Å². The summed E-state index contributed by atoms with van der Waals surface area (Å²) in [5.41, 5.74) is 1.89. The fourth-order valence-electron chi connectivity index (χ4n) is 6.91. The Morgan fingerprint density at radius 1 is 0.906 bits per heavy atom. The van der Waals surface area contributed by atoms with Crippen LogP contribution >= 0.6 is 0 Å². The van der Waals surface area contributed by atoms with E-state index < -0.39 is 78.4 Å². The lowest BCUT2D eigenvalue weighted by molar-refractivity contribution is -0.164. The number of ether oxygens (including phenoxy) is 4. The molecule has 0 bridgehead atoms. The van der Waals surface area contributed by atoms with Gasteiger partial charge >= 0.3 is 23.9 Å². The van der Waals surface area contributed by atoms with Crippen LogP contribution in [0.1, 0.15) is 146 Å². The van der Waals surface area contributed by atoms with Crippen molar-refractivity contribution in [3.8, 4) is 0 Å². The van der Waals surface area contributed by atoms with Crippen LogP contribution in [0.4, 0.5) is 0 Å². The molecule has 0 aromatic rings. The number of hydrogen-bond acceptors (Lipinski definition) is 12. The lowest BCUT2D eigenvalue weighted by Gasteiger charge is -2.31. The Morgan fingerprint density at radius 3 is 2.13 bits per heavy atom. The average Bonchev–Trinajstić information content (AvgIpc) is 3.05. The number of carbonyl (C=O) groups excluding carboxylic acids is 4. The molecule has 306 valence electrons. The minimum atomic E-state index is -1.12. The van der Waals surface area contributed by atoms with Crippen molar-refractivity contribution in [1.29, 1.82) is 0 Å². The molecular formula is C41H70O12. The molecule has 0 aliphatic carbocycles. The number of carbonyl (C=O) groups is 4. The molecule has 1 aliphatic rings. The van der Waals surface area contributed by atoms with Crippen molar-refractivity contribution in [3.63, 3.8) is 0 Å². The summed E-state index contributed by atoms with van der Waals surface area (Å²) in [4.78, 5) is 49.1. The van der Waals surface area contributed by atoms with E-state index in [1.165, 1.54) is 20.8 Å². The summed E-state index contributed by atoms with van der Waals surface area (Å²) in [6, 6.07) is 0. The van der Waals surface area contributed by atoms with Gasteiger partial charge in [-0.2, -0.15) is 0 Å². The summed E-state index contributed by atoms with van der Waals surface area (Å²) in [7, 11) is 0. The van der Waals surface area contributed by atoms with Crippen molar-refractivity contribution >= 4 is 23.9 Å². The summed E-state index contributed by atoms with van der Waals surface area (Å²) in [5.74, 6) is -4.04. The highest BCUT2D eigenvalue weighted by Crippen LogP contribution is 2.28. The van der Waals surface area contributed by atoms with Crippen LogP contribution in [0.15, 0.2) is 23.3 Å². The summed E-state index contributed by atoms with van der Waals surface area (Å²) >= 11 is 0. The van der Waals surface area contributed by atoms with Crippen molar-refractivity contribution in [2.45, 2.75) is 195 Å². The largest absolute Gasteiger partial charge is 0.462 e. The fraction of sp³-hybridized carbons (Fsp3) is 0.805. The Balaban J connectivity index is 3.33. The van der Waals surface area contributed by atoms with Crippen LogP contribution in [-0.4, -0.2) is 93.1 Å². The van der Waals surface area contributed by atoms with Crippen LogP contribution in [0.3, 0.4) is 0 Å². The maximum atomic E-state index is 13.6. The van der Waals surface area contributed by atoms with Crippen molar-refractivity contribution in [2.24, 2.45) is 17.8 Å². The Labute approximate surface area is 317 Å². The van der Waals surface area contributed by atoms with Crippen molar-refractivity contribution in [2.75, 3.05) is 0 Å². The third-order valence-electron chi connectivity index (χ3n) is 10.1. The van der Waals surface area contributed by atoms with E-state index >= 15 is 0 Å². The van der Waals surface area contributed by atoms with Gasteiger partial charge < -0.3 is 39.4 Å². The quantitative estimate of drug-likeness (QED) is 0.115.